The Morgan fingerprint density at radius 1 is 0.875 bits per heavy atom. The summed E-state index contributed by atoms with van der Waals surface area (Å²) in [5, 5.41) is 1.25. The molecule has 1 aliphatic heterocycles. The maximum atomic E-state index is 12.8. The van der Waals surface area contributed by atoms with Crippen molar-refractivity contribution in [2.24, 2.45) is 0 Å². The van der Waals surface area contributed by atoms with Gasteiger partial charge in [-0.15, -0.1) is 0 Å². The number of anilines is 1. The predicted molar refractivity (Wildman–Crippen MR) is 123 cm³/mol. The predicted octanol–water partition coefficient (Wildman–Crippen LogP) is 4.17. The van der Waals surface area contributed by atoms with E-state index in [1.165, 1.54) is 10.6 Å². The molecular formula is C26H24N2O4. The number of hydrogen-bond donors (Lipinski definition) is 1. The smallest absolute Gasteiger partial charge is 0.282 e. The fourth-order valence-corrected chi connectivity index (χ4v) is 3.41. The molecule has 0 unspecified atom stereocenters. The van der Waals surface area contributed by atoms with Crippen LogP contribution in [0.4, 0.5) is 5.69 Å². The molecule has 1 heterocycles. The van der Waals surface area contributed by atoms with Gasteiger partial charge in [0.05, 0.1) is 18.9 Å². The fraction of sp³-hybridized carbons (Fsp3) is 0.154. The average Bonchev–Trinajstić information content (AvgIpc) is 3.10. The Morgan fingerprint density at radius 3 is 2.31 bits per heavy atom. The minimum absolute atomic E-state index is 0.0639. The molecule has 2 amide bonds. The van der Waals surface area contributed by atoms with E-state index in [2.05, 4.69) is 17.6 Å². The van der Waals surface area contributed by atoms with Gasteiger partial charge >= 0.3 is 0 Å². The van der Waals surface area contributed by atoms with Gasteiger partial charge in [-0.1, -0.05) is 54.6 Å². The standard InChI is InChI=1S/C26H24N2O4/c1-2-31-24-18-20(13-14-23(24)32-16-15-19-9-5-3-6-10-19)17-22-25(29)27-28(26(22)30)21-11-7-4-8-12-21/h3-14,17-18H,2,15-16H2,1H3,(H,27,29)/b22-17+. The molecule has 0 radical (unpaired) electrons. The van der Waals surface area contributed by atoms with Gasteiger partial charge in [-0.2, -0.15) is 0 Å². The first kappa shape index (κ1) is 21.2. The van der Waals surface area contributed by atoms with Gasteiger partial charge in [0, 0.05) is 6.42 Å². The third kappa shape index (κ3) is 4.81. The van der Waals surface area contributed by atoms with Crippen LogP contribution in [0.5, 0.6) is 11.5 Å². The zero-order chi connectivity index (χ0) is 22.3. The second kappa shape index (κ2) is 9.83. The molecule has 0 saturated carbocycles. The van der Waals surface area contributed by atoms with Crippen LogP contribution in [0.15, 0.2) is 84.4 Å². The van der Waals surface area contributed by atoms with Crippen molar-refractivity contribution in [1.29, 1.82) is 0 Å². The van der Waals surface area contributed by atoms with Gasteiger partial charge < -0.3 is 9.47 Å². The molecule has 3 aromatic rings. The van der Waals surface area contributed by atoms with Gasteiger partial charge in [-0.25, -0.2) is 5.01 Å². The minimum Gasteiger partial charge on any atom is -0.490 e. The van der Waals surface area contributed by atoms with Crippen molar-refractivity contribution in [1.82, 2.24) is 5.43 Å². The van der Waals surface area contributed by atoms with Crippen LogP contribution in [0.2, 0.25) is 0 Å². The van der Waals surface area contributed by atoms with Gasteiger partial charge in [-0.05, 0) is 48.4 Å². The topological polar surface area (TPSA) is 67.9 Å². The van der Waals surface area contributed by atoms with Crippen LogP contribution in [-0.4, -0.2) is 25.0 Å². The Labute approximate surface area is 187 Å². The highest BCUT2D eigenvalue weighted by Crippen LogP contribution is 2.30. The van der Waals surface area contributed by atoms with Crippen LogP contribution in [-0.2, 0) is 16.0 Å². The summed E-state index contributed by atoms with van der Waals surface area (Å²) in [6.07, 6.45) is 2.35. The van der Waals surface area contributed by atoms with Crippen LogP contribution in [0.25, 0.3) is 6.08 Å². The van der Waals surface area contributed by atoms with E-state index in [0.717, 1.165) is 6.42 Å². The number of rotatable bonds is 8. The summed E-state index contributed by atoms with van der Waals surface area (Å²) in [5.74, 6) is 0.348. The van der Waals surface area contributed by atoms with E-state index in [1.54, 1.807) is 48.5 Å². The molecule has 1 fully saturated rings. The molecule has 162 valence electrons. The summed E-state index contributed by atoms with van der Waals surface area (Å²) < 4.78 is 11.7. The summed E-state index contributed by atoms with van der Waals surface area (Å²) in [7, 11) is 0. The molecule has 6 heteroatoms. The number of amides is 2. The molecule has 0 atom stereocenters. The molecular weight excluding hydrogens is 404 g/mol. The summed E-state index contributed by atoms with van der Waals surface area (Å²) in [6, 6.07) is 24.5. The number of para-hydroxylation sites is 1. The Hall–Kier alpha value is -4.06. The third-order valence-electron chi connectivity index (χ3n) is 4.98. The Balaban J connectivity index is 1.51. The van der Waals surface area contributed by atoms with E-state index in [9.17, 15) is 9.59 Å². The van der Waals surface area contributed by atoms with Crippen LogP contribution in [0, 0.1) is 0 Å². The quantitative estimate of drug-likeness (QED) is 0.432. The number of nitrogens with zero attached hydrogens (tertiary/aromatic N) is 1. The number of hydrogen-bond acceptors (Lipinski definition) is 4. The highest BCUT2D eigenvalue weighted by atomic mass is 16.5. The van der Waals surface area contributed by atoms with E-state index >= 15 is 0 Å². The second-order valence-electron chi connectivity index (χ2n) is 7.20. The van der Waals surface area contributed by atoms with Gasteiger partial charge in [0.2, 0.25) is 0 Å². The summed E-state index contributed by atoms with van der Waals surface area (Å²) >= 11 is 0. The SMILES string of the molecule is CCOc1cc(/C=C2\C(=O)NN(c3ccccc3)C2=O)ccc1OCCc1ccccc1. The van der Waals surface area contributed by atoms with Crippen molar-refractivity contribution < 1.29 is 19.1 Å². The highest BCUT2D eigenvalue weighted by molar-refractivity contribution is 6.31. The van der Waals surface area contributed by atoms with Gasteiger partial charge in [0.25, 0.3) is 11.8 Å². The van der Waals surface area contributed by atoms with Gasteiger partial charge in [0.15, 0.2) is 11.5 Å². The lowest BCUT2D eigenvalue weighted by Crippen LogP contribution is -2.35. The molecule has 1 saturated heterocycles. The Bertz CT molecular complexity index is 1130. The number of carbonyl (C=O) groups is 2. The number of carbonyl (C=O) groups excluding carboxylic acids is 2. The molecule has 0 aliphatic carbocycles. The summed E-state index contributed by atoms with van der Waals surface area (Å²) in [5.41, 5.74) is 5.15. The number of ether oxygens (including phenoxy) is 2. The highest BCUT2D eigenvalue weighted by Gasteiger charge is 2.34. The van der Waals surface area contributed by atoms with E-state index in [1.807, 2.05) is 31.2 Å². The molecule has 1 aliphatic rings. The zero-order valence-electron chi connectivity index (χ0n) is 17.8. The largest absolute Gasteiger partial charge is 0.490 e. The number of benzene rings is 3. The molecule has 6 nitrogen and oxygen atoms in total. The summed E-state index contributed by atoms with van der Waals surface area (Å²) in [6.45, 7) is 2.87. The van der Waals surface area contributed by atoms with E-state index in [0.29, 0.717) is 36.0 Å². The lowest BCUT2D eigenvalue weighted by molar-refractivity contribution is -0.117. The van der Waals surface area contributed by atoms with E-state index in [4.69, 9.17) is 9.47 Å². The van der Waals surface area contributed by atoms with Crippen molar-refractivity contribution in [2.75, 3.05) is 18.2 Å². The molecule has 4 rings (SSSR count). The van der Waals surface area contributed by atoms with Crippen LogP contribution in [0.1, 0.15) is 18.1 Å². The van der Waals surface area contributed by atoms with Crippen molar-refractivity contribution >= 4 is 23.6 Å². The maximum absolute atomic E-state index is 12.8. The van der Waals surface area contributed by atoms with E-state index < -0.39 is 11.8 Å². The van der Waals surface area contributed by atoms with Crippen LogP contribution >= 0.6 is 0 Å². The van der Waals surface area contributed by atoms with Crippen LogP contribution < -0.4 is 19.9 Å². The molecule has 3 aromatic carbocycles. The Kier molecular flexibility index (Phi) is 6.51. The molecule has 1 N–H and O–H groups in total. The van der Waals surface area contributed by atoms with Gasteiger partial charge in [-0.3, -0.25) is 15.0 Å². The molecule has 0 spiro atoms. The third-order valence-corrected chi connectivity index (χ3v) is 4.98. The van der Waals surface area contributed by atoms with Crippen molar-refractivity contribution in [3.8, 4) is 11.5 Å². The number of hydrazine groups is 1. The summed E-state index contributed by atoms with van der Waals surface area (Å²) in [4.78, 5) is 25.2. The zero-order valence-corrected chi connectivity index (χ0v) is 17.8. The lowest BCUT2D eigenvalue weighted by atomic mass is 10.1. The minimum atomic E-state index is -0.444. The molecule has 0 bridgehead atoms. The van der Waals surface area contributed by atoms with Crippen molar-refractivity contribution in [2.45, 2.75) is 13.3 Å². The number of nitrogens with one attached hydrogen (secondary N) is 1. The van der Waals surface area contributed by atoms with Crippen molar-refractivity contribution in [3.63, 3.8) is 0 Å². The van der Waals surface area contributed by atoms with Crippen molar-refractivity contribution in [3.05, 3.63) is 95.6 Å². The first-order valence-electron chi connectivity index (χ1n) is 10.5. The maximum Gasteiger partial charge on any atom is 0.282 e. The normalized spacial score (nSPS) is 14.5. The van der Waals surface area contributed by atoms with Crippen LogP contribution in [0.3, 0.4) is 0 Å². The monoisotopic (exact) mass is 428 g/mol. The first-order valence-corrected chi connectivity index (χ1v) is 10.5. The molecule has 0 aromatic heterocycles. The molecule has 32 heavy (non-hydrogen) atoms. The lowest BCUT2D eigenvalue weighted by Gasteiger charge is -2.14. The first-order chi connectivity index (χ1) is 15.7. The second-order valence-corrected chi connectivity index (χ2v) is 7.20. The van der Waals surface area contributed by atoms with Gasteiger partial charge in [0.1, 0.15) is 5.57 Å². The fourth-order valence-electron chi connectivity index (χ4n) is 3.41. The Morgan fingerprint density at radius 2 is 1.59 bits per heavy atom. The van der Waals surface area contributed by atoms with E-state index in [-0.39, 0.29) is 5.57 Å². The average molecular weight is 428 g/mol.